The zero-order valence-electron chi connectivity index (χ0n) is 18.4. The van der Waals surface area contributed by atoms with Crippen molar-refractivity contribution in [1.29, 1.82) is 0 Å². The van der Waals surface area contributed by atoms with Crippen molar-refractivity contribution in [1.82, 2.24) is 30.0 Å². The molecule has 31 heavy (non-hydrogen) atoms. The van der Waals surface area contributed by atoms with Gasteiger partial charge in [-0.1, -0.05) is 6.07 Å². The summed E-state index contributed by atoms with van der Waals surface area (Å²) in [5, 5.41) is 8.40. The zero-order chi connectivity index (χ0) is 21.5. The number of aryl methyl sites for hydroxylation is 2. The van der Waals surface area contributed by atoms with Gasteiger partial charge in [0.25, 0.3) is 5.91 Å². The Bertz CT molecular complexity index is 1110. The maximum atomic E-state index is 13.1. The van der Waals surface area contributed by atoms with Gasteiger partial charge in [0.1, 0.15) is 5.82 Å². The van der Waals surface area contributed by atoms with Crippen molar-refractivity contribution < 1.29 is 4.79 Å². The van der Waals surface area contributed by atoms with Crippen molar-refractivity contribution in [3.63, 3.8) is 0 Å². The van der Waals surface area contributed by atoms with Gasteiger partial charge in [-0.05, 0) is 44.5 Å². The molecule has 1 saturated carbocycles. The Labute approximate surface area is 182 Å². The number of amides is 1. The van der Waals surface area contributed by atoms with E-state index in [1.165, 1.54) is 0 Å². The van der Waals surface area contributed by atoms with Gasteiger partial charge < -0.3 is 15.1 Å². The number of nitrogens with one attached hydrogen (secondary N) is 1. The van der Waals surface area contributed by atoms with Crippen LogP contribution in [0.5, 0.6) is 0 Å². The second-order valence-electron chi connectivity index (χ2n) is 8.77. The molecule has 3 aromatic rings. The highest BCUT2D eigenvalue weighted by Gasteiger charge is 2.28. The average Bonchev–Trinajstić information content (AvgIpc) is 3.59. The number of nitrogens with zero attached hydrogens (tertiary/aromatic N) is 6. The van der Waals surface area contributed by atoms with Crippen molar-refractivity contribution in [2.75, 3.05) is 38.1 Å². The highest BCUT2D eigenvalue weighted by molar-refractivity contribution is 6.06. The van der Waals surface area contributed by atoms with E-state index in [0.29, 0.717) is 18.0 Å². The van der Waals surface area contributed by atoms with Gasteiger partial charge >= 0.3 is 0 Å². The molecule has 0 radical (unpaired) electrons. The smallest absolute Gasteiger partial charge is 0.252 e. The summed E-state index contributed by atoms with van der Waals surface area (Å²) < 4.78 is 1.77. The molecule has 5 rings (SSSR count). The Morgan fingerprint density at radius 1 is 1.16 bits per heavy atom. The summed E-state index contributed by atoms with van der Waals surface area (Å²) in [4.78, 5) is 27.2. The number of pyridine rings is 2. The molecule has 1 N–H and O–H groups in total. The lowest BCUT2D eigenvalue weighted by atomic mass is 10.1. The first-order valence-corrected chi connectivity index (χ1v) is 11.0. The molecule has 1 saturated heterocycles. The predicted octanol–water partition coefficient (Wildman–Crippen LogP) is 2.23. The van der Waals surface area contributed by atoms with Crippen molar-refractivity contribution >= 4 is 22.8 Å². The van der Waals surface area contributed by atoms with Gasteiger partial charge in [-0.15, -0.1) is 0 Å². The summed E-state index contributed by atoms with van der Waals surface area (Å²) >= 11 is 0. The summed E-state index contributed by atoms with van der Waals surface area (Å²) in [6.45, 7) is 6.46. The van der Waals surface area contributed by atoms with Crippen LogP contribution in [0.4, 0.5) is 5.82 Å². The lowest BCUT2D eigenvalue weighted by Gasteiger charge is -2.33. The van der Waals surface area contributed by atoms with Crippen LogP contribution in [0, 0.1) is 6.92 Å². The summed E-state index contributed by atoms with van der Waals surface area (Å²) in [7, 11) is 4.03. The number of anilines is 1. The van der Waals surface area contributed by atoms with Crippen LogP contribution in [0.2, 0.25) is 0 Å². The first-order chi connectivity index (χ1) is 15.0. The quantitative estimate of drug-likeness (QED) is 0.683. The molecule has 1 amide bonds. The molecule has 162 valence electrons. The van der Waals surface area contributed by atoms with Crippen molar-refractivity contribution in [3.05, 3.63) is 46.9 Å². The molecule has 4 heterocycles. The van der Waals surface area contributed by atoms with E-state index in [1.54, 1.807) is 4.68 Å². The van der Waals surface area contributed by atoms with Crippen LogP contribution in [0.25, 0.3) is 11.0 Å². The summed E-state index contributed by atoms with van der Waals surface area (Å²) in [5.74, 6) is 1.38. The van der Waals surface area contributed by atoms with Crippen LogP contribution in [0.15, 0.2) is 24.4 Å². The lowest BCUT2D eigenvalue weighted by Crippen LogP contribution is -2.44. The number of piperazine rings is 1. The number of fused-ring (bicyclic) bond motifs is 1. The van der Waals surface area contributed by atoms with Crippen LogP contribution in [-0.2, 0) is 13.6 Å². The summed E-state index contributed by atoms with van der Waals surface area (Å²) in [6.07, 6.45) is 4.14. The Morgan fingerprint density at radius 2 is 1.94 bits per heavy atom. The molecule has 3 aromatic heterocycles. The highest BCUT2D eigenvalue weighted by atomic mass is 16.1. The molecule has 0 atom stereocenters. The minimum atomic E-state index is -0.0893. The van der Waals surface area contributed by atoms with E-state index in [1.807, 2.05) is 38.4 Å². The van der Waals surface area contributed by atoms with Crippen LogP contribution in [-0.4, -0.2) is 63.8 Å². The Morgan fingerprint density at radius 3 is 2.61 bits per heavy atom. The fraction of sp³-hybridized carbons (Fsp3) is 0.478. The molecule has 0 unspecified atom stereocenters. The molecule has 2 aliphatic rings. The molecular weight excluding hydrogens is 390 g/mol. The number of rotatable bonds is 5. The van der Waals surface area contributed by atoms with Crippen LogP contribution < -0.4 is 10.2 Å². The molecule has 0 aromatic carbocycles. The minimum Gasteiger partial charge on any atom is -0.354 e. The summed E-state index contributed by atoms with van der Waals surface area (Å²) in [6, 6.07) is 6.06. The van der Waals surface area contributed by atoms with E-state index in [9.17, 15) is 4.79 Å². The second-order valence-corrected chi connectivity index (χ2v) is 8.77. The standard InChI is InChI=1S/C23H29N7O/c1-15-21-18(12-19(17-5-6-17)26-22(21)29(3)27-15)23(31)25-14-16-4-7-20(24-13-16)30-10-8-28(2)9-11-30/h4,7,12-13,17H,5-6,8-11,14H2,1-3H3,(H,25,31). The largest absolute Gasteiger partial charge is 0.354 e. The second kappa shape index (κ2) is 7.92. The molecule has 1 aliphatic carbocycles. The molecular formula is C23H29N7O. The first kappa shape index (κ1) is 19.9. The van der Waals surface area contributed by atoms with Crippen molar-refractivity contribution in [3.8, 4) is 0 Å². The Hall–Kier alpha value is -3.00. The maximum Gasteiger partial charge on any atom is 0.252 e. The topological polar surface area (TPSA) is 79.2 Å². The molecule has 2 fully saturated rings. The van der Waals surface area contributed by atoms with Gasteiger partial charge in [0.15, 0.2) is 5.65 Å². The molecule has 0 bridgehead atoms. The molecule has 8 heteroatoms. The number of hydrogen-bond acceptors (Lipinski definition) is 6. The number of aromatic nitrogens is 4. The average molecular weight is 420 g/mol. The normalized spacial score (nSPS) is 17.3. The Kier molecular flexibility index (Phi) is 5.09. The van der Waals surface area contributed by atoms with Gasteiger partial charge in [-0.2, -0.15) is 5.10 Å². The number of carbonyl (C=O) groups excluding carboxylic acids is 1. The van der Waals surface area contributed by atoms with E-state index >= 15 is 0 Å². The van der Waals surface area contributed by atoms with Gasteiger partial charge in [0, 0.05) is 57.6 Å². The van der Waals surface area contributed by atoms with E-state index < -0.39 is 0 Å². The number of carbonyl (C=O) groups is 1. The van der Waals surface area contributed by atoms with Crippen LogP contribution >= 0.6 is 0 Å². The monoisotopic (exact) mass is 419 g/mol. The van der Waals surface area contributed by atoms with E-state index in [4.69, 9.17) is 4.98 Å². The third kappa shape index (κ3) is 3.99. The SMILES string of the molecule is Cc1nn(C)c2nc(C3CC3)cc(C(=O)NCc3ccc(N4CCN(C)CC4)nc3)c12. The molecule has 8 nitrogen and oxygen atoms in total. The van der Waals surface area contributed by atoms with Gasteiger partial charge in [-0.3, -0.25) is 9.48 Å². The third-order valence-corrected chi connectivity index (χ3v) is 6.32. The van der Waals surface area contributed by atoms with E-state index in [0.717, 1.165) is 72.8 Å². The molecule has 0 spiro atoms. The van der Waals surface area contributed by atoms with Gasteiger partial charge in [0.2, 0.25) is 0 Å². The lowest BCUT2D eigenvalue weighted by molar-refractivity contribution is 0.0952. The zero-order valence-corrected chi connectivity index (χ0v) is 18.4. The summed E-state index contributed by atoms with van der Waals surface area (Å²) in [5.41, 5.74) is 4.26. The first-order valence-electron chi connectivity index (χ1n) is 11.0. The van der Waals surface area contributed by atoms with Crippen LogP contribution in [0.1, 0.15) is 46.1 Å². The fourth-order valence-electron chi connectivity index (χ4n) is 4.25. The third-order valence-electron chi connectivity index (χ3n) is 6.32. The van der Waals surface area contributed by atoms with E-state index in [2.05, 4.69) is 32.2 Å². The molecule has 1 aliphatic heterocycles. The van der Waals surface area contributed by atoms with Crippen molar-refractivity contribution in [2.24, 2.45) is 7.05 Å². The number of hydrogen-bond donors (Lipinski definition) is 1. The number of likely N-dealkylation sites (N-methyl/N-ethyl adjacent to an activating group) is 1. The minimum absolute atomic E-state index is 0.0893. The van der Waals surface area contributed by atoms with E-state index in [-0.39, 0.29) is 5.91 Å². The Balaban J connectivity index is 1.31. The highest BCUT2D eigenvalue weighted by Crippen LogP contribution is 2.40. The predicted molar refractivity (Wildman–Crippen MR) is 120 cm³/mol. The fourth-order valence-corrected chi connectivity index (χ4v) is 4.25. The van der Waals surface area contributed by atoms with Gasteiger partial charge in [0.05, 0.1) is 16.6 Å². The van der Waals surface area contributed by atoms with Crippen molar-refractivity contribution in [2.45, 2.75) is 32.2 Å². The van der Waals surface area contributed by atoms with Crippen LogP contribution in [0.3, 0.4) is 0 Å². The van der Waals surface area contributed by atoms with Gasteiger partial charge in [-0.25, -0.2) is 9.97 Å². The maximum absolute atomic E-state index is 13.1.